The highest BCUT2D eigenvalue weighted by Gasteiger charge is 2.07. The Morgan fingerprint density at radius 3 is 1.70 bits per heavy atom. The molecular weight excluding hydrogens is 326 g/mol. The number of hydrogen-bond acceptors (Lipinski definition) is 1. The Bertz CT molecular complexity index is 1190. The second kappa shape index (κ2) is 6.37. The van der Waals surface area contributed by atoms with E-state index in [2.05, 4.69) is 104 Å². The average Bonchev–Trinajstić information content (AvgIpc) is 2.72. The summed E-state index contributed by atoms with van der Waals surface area (Å²) in [4.78, 5) is 4.80. The average molecular weight is 345 g/mol. The minimum Gasteiger partial charge on any atom is -0.253 e. The normalized spacial score (nSPS) is 11.1. The highest BCUT2D eigenvalue weighted by Crippen LogP contribution is 2.30. The van der Waals surface area contributed by atoms with E-state index in [4.69, 9.17) is 4.98 Å². The first-order valence-electron chi connectivity index (χ1n) is 9.23. The zero-order valence-electron chi connectivity index (χ0n) is 15.2. The van der Waals surface area contributed by atoms with E-state index in [0.29, 0.717) is 0 Å². The molecule has 1 nitrogen and oxygen atoms in total. The summed E-state index contributed by atoms with van der Waals surface area (Å²) in [5.41, 5.74) is 5.63. The van der Waals surface area contributed by atoms with Gasteiger partial charge in [-0.05, 0) is 63.9 Å². The van der Waals surface area contributed by atoms with Crippen LogP contribution in [0.1, 0.15) is 5.69 Å². The number of aryl methyl sites for hydroxylation is 1. The Morgan fingerprint density at radius 2 is 1.04 bits per heavy atom. The first kappa shape index (κ1) is 15.8. The van der Waals surface area contributed by atoms with Gasteiger partial charge in [0.2, 0.25) is 0 Å². The number of nitrogens with zero attached hydrogens (tertiary/aromatic N) is 1. The first-order valence-corrected chi connectivity index (χ1v) is 9.23. The third-order valence-electron chi connectivity index (χ3n) is 5.08. The molecule has 1 heteroatoms. The smallest absolute Gasteiger partial charge is 0.0711 e. The lowest BCUT2D eigenvalue weighted by molar-refractivity contribution is 1.21. The molecule has 0 amide bonds. The number of aromatic nitrogens is 1. The van der Waals surface area contributed by atoms with Gasteiger partial charge in [-0.1, -0.05) is 72.8 Å². The van der Waals surface area contributed by atoms with Crippen LogP contribution < -0.4 is 0 Å². The van der Waals surface area contributed by atoms with Crippen LogP contribution in [0.4, 0.5) is 0 Å². The van der Waals surface area contributed by atoms with Gasteiger partial charge >= 0.3 is 0 Å². The van der Waals surface area contributed by atoms with E-state index in [1.807, 2.05) is 0 Å². The molecule has 0 unspecified atom stereocenters. The van der Waals surface area contributed by atoms with E-state index in [1.165, 1.54) is 32.7 Å². The molecule has 0 spiro atoms. The Kier molecular flexibility index (Phi) is 3.72. The number of fused-ring (bicyclic) bond motifs is 2. The van der Waals surface area contributed by atoms with Crippen LogP contribution in [-0.2, 0) is 0 Å². The number of pyridine rings is 1. The van der Waals surface area contributed by atoms with Crippen LogP contribution in [0.3, 0.4) is 0 Å². The molecule has 0 fully saturated rings. The van der Waals surface area contributed by atoms with Crippen molar-refractivity contribution in [2.24, 2.45) is 0 Å². The predicted molar refractivity (Wildman–Crippen MR) is 115 cm³/mol. The Hall–Kier alpha value is -3.45. The maximum atomic E-state index is 4.80. The molecule has 0 atom stereocenters. The summed E-state index contributed by atoms with van der Waals surface area (Å²) in [6.45, 7) is 2.06. The van der Waals surface area contributed by atoms with Crippen molar-refractivity contribution < 1.29 is 0 Å². The van der Waals surface area contributed by atoms with E-state index < -0.39 is 0 Å². The van der Waals surface area contributed by atoms with Crippen LogP contribution in [0.5, 0.6) is 0 Å². The third-order valence-corrected chi connectivity index (χ3v) is 5.08. The maximum Gasteiger partial charge on any atom is 0.0711 e. The zero-order valence-corrected chi connectivity index (χ0v) is 15.2. The fourth-order valence-corrected chi connectivity index (χ4v) is 3.70. The van der Waals surface area contributed by atoms with E-state index in [0.717, 1.165) is 17.0 Å². The molecule has 0 bridgehead atoms. The summed E-state index contributed by atoms with van der Waals surface area (Å²) in [5.74, 6) is 0. The topological polar surface area (TPSA) is 12.9 Å². The third kappa shape index (κ3) is 2.98. The predicted octanol–water partition coefficient (Wildman–Crippen LogP) is 7.03. The van der Waals surface area contributed by atoms with Crippen LogP contribution in [0.25, 0.3) is 43.9 Å². The molecule has 5 aromatic rings. The quantitative estimate of drug-likeness (QED) is 0.335. The van der Waals surface area contributed by atoms with E-state index >= 15 is 0 Å². The summed E-state index contributed by atoms with van der Waals surface area (Å²) in [6.07, 6.45) is 0. The largest absolute Gasteiger partial charge is 0.253 e. The van der Waals surface area contributed by atoms with Gasteiger partial charge < -0.3 is 0 Å². The SMILES string of the molecule is Cc1cc(-c2ccc3ccccc3c2)cc(-c2ccc3ccccc3c2)n1. The van der Waals surface area contributed by atoms with E-state index in [-0.39, 0.29) is 0 Å². The van der Waals surface area contributed by atoms with E-state index in [9.17, 15) is 0 Å². The molecular formula is C26H19N. The standard InChI is InChI=1S/C26H19N/c1-18-14-25(23-12-10-19-6-2-4-8-21(19)15-23)17-26(27-18)24-13-11-20-7-3-5-9-22(20)16-24/h2-17H,1H3. The van der Waals surface area contributed by atoms with Crippen molar-refractivity contribution in [3.8, 4) is 22.4 Å². The fraction of sp³-hybridized carbons (Fsp3) is 0.0385. The highest BCUT2D eigenvalue weighted by atomic mass is 14.7. The van der Waals surface area contributed by atoms with Crippen molar-refractivity contribution in [2.75, 3.05) is 0 Å². The van der Waals surface area contributed by atoms with Gasteiger partial charge in [0.15, 0.2) is 0 Å². The second-order valence-electron chi connectivity index (χ2n) is 7.01. The Labute approximate surface area is 158 Å². The molecule has 4 aromatic carbocycles. The monoisotopic (exact) mass is 345 g/mol. The summed E-state index contributed by atoms with van der Waals surface area (Å²) in [7, 11) is 0. The first-order chi connectivity index (χ1) is 13.3. The lowest BCUT2D eigenvalue weighted by atomic mass is 9.98. The van der Waals surface area contributed by atoms with Gasteiger partial charge in [-0.3, -0.25) is 4.98 Å². The molecule has 128 valence electrons. The molecule has 0 saturated carbocycles. The van der Waals surface area contributed by atoms with Crippen molar-refractivity contribution in [2.45, 2.75) is 6.92 Å². The fourth-order valence-electron chi connectivity index (χ4n) is 3.70. The minimum atomic E-state index is 1.02. The lowest BCUT2D eigenvalue weighted by Crippen LogP contribution is -1.90. The van der Waals surface area contributed by atoms with Crippen LogP contribution in [0, 0.1) is 6.92 Å². The molecule has 5 rings (SSSR count). The number of hydrogen-bond donors (Lipinski definition) is 0. The van der Waals surface area contributed by atoms with Crippen molar-refractivity contribution in [1.29, 1.82) is 0 Å². The van der Waals surface area contributed by atoms with Gasteiger partial charge in [-0.15, -0.1) is 0 Å². The van der Waals surface area contributed by atoms with E-state index in [1.54, 1.807) is 0 Å². The van der Waals surface area contributed by atoms with Crippen molar-refractivity contribution in [3.63, 3.8) is 0 Å². The van der Waals surface area contributed by atoms with Gasteiger partial charge in [0, 0.05) is 11.3 Å². The minimum absolute atomic E-state index is 1.02. The van der Waals surface area contributed by atoms with Crippen LogP contribution >= 0.6 is 0 Å². The van der Waals surface area contributed by atoms with Crippen molar-refractivity contribution >= 4 is 21.5 Å². The molecule has 1 heterocycles. The number of rotatable bonds is 2. The van der Waals surface area contributed by atoms with Crippen molar-refractivity contribution in [1.82, 2.24) is 4.98 Å². The summed E-state index contributed by atoms with van der Waals surface area (Å²) in [6, 6.07) is 34.5. The van der Waals surface area contributed by atoms with Gasteiger partial charge in [-0.2, -0.15) is 0 Å². The van der Waals surface area contributed by atoms with Crippen LogP contribution in [-0.4, -0.2) is 4.98 Å². The second-order valence-corrected chi connectivity index (χ2v) is 7.01. The zero-order chi connectivity index (χ0) is 18.2. The van der Waals surface area contributed by atoms with Gasteiger partial charge in [0.1, 0.15) is 0 Å². The van der Waals surface area contributed by atoms with Crippen molar-refractivity contribution in [3.05, 3.63) is 103 Å². The number of benzene rings is 4. The van der Waals surface area contributed by atoms with Gasteiger partial charge in [0.05, 0.1) is 5.69 Å². The molecule has 0 N–H and O–H groups in total. The highest BCUT2D eigenvalue weighted by molar-refractivity contribution is 5.89. The lowest BCUT2D eigenvalue weighted by Gasteiger charge is -2.09. The molecule has 1 aromatic heterocycles. The van der Waals surface area contributed by atoms with Gasteiger partial charge in [-0.25, -0.2) is 0 Å². The van der Waals surface area contributed by atoms with Crippen LogP contribution in [0.2, 0.25) is 0 Å². The Morgan fingerprint density at radius 1 is 0.481 bits per heavy atom. The van der Waals surface area contributed by atoms with Crippen LogP contribution in [0.15, 0.2) is 97.1 Å². The molecule has 0 aliphatic heterocycles. The molecule has 0 aliphatic rings. The summed E-state index contributed by atoms with van der Waals surface area (Å²) >= 11 is 0. The molecule has 0 radical (unpaired) electrons. The summed E-state index contributed by atoms with van der Waals surface area (Å²) < 4.78 is 0. The Balaban J connectivity index is 1.64. The molecule has 0 saturated heterocycles. The van der Waals surface area contributed by atoms with Gasteiger partial charge in [0.25, 0.3) is 0 Å². The molecule has 27 heavy (non-hydrogen) atoms. The molecule has 0 aliphatic carbocycles. The maximum absolute atomic E-state index is 4.80. The summed E-state index contributed by atoms with van der Waals surface area (Å²) in [5, 5.41) is 5.02.